The Morgan fingerprint density at radius 3 is 2.63 bits per heavy atom. The van der Waals surface area contributed by atoms with Crippen molar-refractivity contribution in [2.45, 2.75) is 30.2 Å². The van der Waals surface area contributed by atoms with Crippen LogP contribution in [0.15, 0.2) is 70.1 Å². The van der Waals surface area contributed by atoms with Gasteiger partial charge in [-0.3, -0.25) is 4.79 Å². The van der Waals surface area contributed by atoms with Gasteiger partial charge in [0.2, 0.25) is 0 Å². The predicted molar refractivity (Wildman–Crippen MR) is 99.9 cm³/mol. The van der Waals surface area contributed by atoms with Gasteiger partial charge in [0, 0.05) is 25.0 Å². The highest BCUT2D eigenvalue weighted by Crippen LogP contribution is 2.27. The van der Waals surface area contributed by atoms with Crippen LogP contribution in [-0.4, -0.2) is 30.3 Å². The molecule has 0 saturated heterocycles. The number of fused-ring (bicyclic) bond motifs is 1. The van der Waals surface area contributed by atoms with Crippen LogP contribution in [0.25, 0.3) is 0 Å². The van der Waals surface area contributed by atoms with Crippen molar-refractivity contribution in [3.8, 4) is 0 Å². The molecule has 4 rings (SSSR count). The van der Waals surface area contributed by atoms with Crippen LogP contribution in [0.3, 0.4) is 0 Å². The minimum absolute atomic E-state index is 0.0668. The summed E-state index contributed by atoms with van der Waals surface area (Å²) in [7, 11) is -3.52. The lowest BCUT2D eigenvalue weighted by Gasteiger charge is -2.34. The molecule has 2 aromatic heterocycles. The molecular weight excluding hydrogens is 364 g/mol. The Labute approximate surface area is 157 Å². The molecule has 1 aromatic carbocycles. The van der Waals surface area contributed by atoms with Crippen LogP contribution in [0.2, 0.25) is 0 Å². The summed E-state index contributed by atoms with van der Waals surface area (Å²) < 4.78 is 32.7. The summed E-state index contributed by atoms with van der Waals surface area (Å²) in [5, 5.41) is 0. The fourth-order valence-electron chi connectivity index (χ4n) is 3.47. The van der Waals surface area contributed by atoms with E-state index < -0.39 is 9.84 Å². The van der Waals surface area contributed by atoms with Crippen molar-refractivity contribution >= 4 is 15.7 Å². The topological polar surface area (TPSA) is 72.5 Å². The quantitative estimate of drug-likeness (QED) is 0.692. The Kier molecular flexibility index (Phi) is 4.39. The average molecular weight is 384 g/mol. The molecule has 0 fully saturated rings. The minimum atomic E-state index is -3.52. The lowest BCUT2D eigenvalue weighted by Crippen LogP contribution is -2.40. The summed E-state index contributed by atoms with van der Waals surface area (Å²) >= 11 is 0. The van der Waals surface area contributed by atoms with E-state index in [2.05, 4.69) is 4.57 Å². The van der Waals surface area contributed by atoms with Crippen LogP contribution in [0.5, 0.6) is 0 Å². The zero-order chi connectivity index (χ0) is 19.0. The Hall–Kier alpha value is -2.80. The summed E-state index contributed by atoms with van der Waals surface area (Å²) in [5.74, 6) is -0.0726. The molecule has 140 valence electrons. The summed E-state index contributed by atoms with van der Waals surface area (Å²) in [6.07, 6.45) is 2.01. The highest BCUT2D eigenvalue weighted by atomic mass is 32.2. The largest absolute Gasteiger partial charge is 0.455 e. The van der Waals surface area contributed by atoms with Crippen molar-refractivity contribution < 1.29 is 17.6 Å². The molecule has 0 saturated carbocycles. The molecule has 3 heterocycles. The number of carbonyl (C=O) groups excluding carboxylic acids is 1. The fraction of sp³-hybridized carbons (Fsp3) is 0.250. The van der Waals surface area contributed by atoms with Crippen LogP contribution in [0, 0.1) is 0 Å². The maximum Gasteiger partial charge on any atom is 0.290 e. The number of nitrogens with zero attached hydrogens (tertiary/aromatic N) is 2. The standard InChI is InChI=1S/C20H20N2O4S/c1-15-18-8-5-11-21(18)12-13-22(15)20(23)19-10-9-16(26-19)14-27(24,25)17-6-3-2-4-7-17/h2-11,15H,12-14H2,1H3. The molecule has 1 aliphatic rings. The highest BCUT2D eigenvalue weighted by molar-refractivity contribution is 7.90. The molecule has 1 atom stereocenters. The van der Waals surface area contributed by atoms with E-state index in [1.54, 1.807) is 47.4 Å². The SMILES string of the molecule is CC1c2cccn2CCN1C(=O)c1ccc(CS(=O)(=O)c2ccccc2)o1. The highest BCUT2D eigenvalue weighted by Gasteiger charge is 2.30. The van der Waals surface area contributed by atoms with Crippen LogP contribution in [0.1, 0.15) is 35.0 Å². The number of furan rings is 1. The summed E-state index contributed by atoms with van der Waals surface area (Å²) in [6, 6.07) is 15.2. The van der Waals surface area contributed by atoms with Gasteiger partial charge in [-0.25, -0.2) is 8.42 Å². The van der Waals surface area contributed by atoms with E-state index in [1.165, 1.54) is 0 Å². The molecule has 27 heavy (non-hydrogen) atoms. The summed E-state index contributed by atoms with van der Waals surface area (Å²) in [6.45, 7) is 3.29. The van der Waals surface area contributed by atoms with Gasteiger partial charge in [0.25, 0.3) is 5.91 Å². The Morgan fingerprint density at radius 2 is 1.85 bits per heavy atom. The first-order chi connectivity index (χ1) is 13.0. The third kappa shape index (κ3) is 3.30. The van der Waals surface area contributed by atoms with Gasteiger partial charge in [0.1, 0.15) is 11.5 Å². The lowest BCUT2D eigenvalue weighted by molar-refractivity contribution is 0.0609. The second-order valence-corrected chi connectivity index (χ2v) is 8.63. The maximum atomic E-state index is 12.9. The van der Waals surface area contributed by atoms with Gasteiger partial charge in [-0.05, 0) is 43.3 Å². The Morgan fingerprint density at radius 1 is 1.07 bits per heavy atom. The maximum absolute atomic E-state index is 12.9. The number of sulfone groups is 1. The van der Waals surface area contributed by atoms with E-state index in [-0.39, 0.29) is 34.1 Å². The summed E-state index contributed by atoms with van der Waals surface area (Å²) in [4.78, 5) is 14.9. The van der Waals surface area contributed by atoms with E-state index in [0.717, 1.165) is 12.2 Å². The molecular formula is C20H20N2O4S. The van der Waals surface area contributed by atoms with Crippen LogP contribution >= 0.6 is 0 Å². The second-order valence-electron chi connectivity index (χ2n) is 6.64. The zero-order valence-electron chi connectivity index (χ0n) is 14.9. The van der Waals surface area contributed by atoms with E-state index in [0.29, 0.717) is 6.54 Å². The van der Waals surface area contributed by atoms with E-state index in [1.807, 2.05) is 25.3 Å². The molecule has 1 aliphatic heterocycles. The van der Waals surface area contributed by atoms with Crippen molar-refractivity contribution in [2.24, 2.45) is 0 Å². The van der Waals surface area contributed by atoms with E-state index >= 15 is 0 Å². The Bertz CT molecular complexity index is 1070. The first-order valence-corrected chi connectivity index (χ1v) is 10.4. The minimum Gasteiger partial charge on any atom is -0.455 e. The van der Waals surface area contributed by atoms with Crippen molar-refractivity contribution in [3.05, 3.63) is 78.0 Å². The lowest BCUT2D eigenvalue weighted by atomic mass is 10.1. The Balaban J connectivity index is 1.52. The fourth-order valence-corrected chi connectivity index (χ4v) is 4.74. The van der Waals surface area contributed by atoms with Gasteiger partial charge in [-0.2, -0.15) is 0 Å². The van der Waals surface area contributed by atoms with Crippen LogP contribution in [-0.2, 0) is 22.1 Å². The molecule has 1 unspecified atom stereocenters. The smallest absolute Gasteiger partial charge is 0.290 e. The van der Waals surface area contributed by atoms with Gasteiger partial charge in [0.15, 0.2) is 15.6 Å². The third-order valence-corrected chi connectivity index (χ3v) is 6.56. The van der Waals surface area contributed by atoms with Gasteiger partial charge in [-0.1, -0.05) is 18.2 Å². The summed E-state index contributed by atoms with van der Waals surface area (Å²) in [5.41, 5.74) is 1.08. The number of benzene rings is 1. The molecule has 0 aliphatic carbocycles. The van der Waals surface area contributed by atoms with E-state index in [9.17, 15) is 13.2 Å². The number of carbonyl (C=O) groups is 1. The predicted octanol–water partition coefficient (Wildman–Crippen LogP) is 3.27. The molecule has 0 spiro atoms. The molecule has 0 N–H and O–H groups in total. The number of aromatic nitrogens is 1. The molecule has 3 aromatic rings. The van der Waals surface area contributed by atoms with Crippen LogP contribution in [0.4, 0.5) is 0 Å². The van der Waals surface area contributed by atoms with Crippen molar-refractivity contribution in [2.75, 3.05) is 6.54 Å². The first-order valence-electron chi connectivity index (χ1n) is 8.78. The molecule has 0 bridgehead atoms. The number of hydrogen-bond donors (Lipinski definition) is 0. The van der Waals surface area contributed by atoms with Gasteiger partial charge >= 0.3 is 0 Å². The average Bonchev–Trinajstić information content (AvgIpc) is 3.32. The van der Waals surface area contributed by atoms with Gasteiger partial charge in [-0.15, -0.1) is 0 Å². The molecule has 0 radical (unpaired) electrons. The second kappa shape index (κ2) is 6.74. The third-order valence-electron chi connectivity index (χ3n) is 4.91. The molecule has 6 nitrogen and oxygen atoms in total. The number of hydrogen-bond acceptors (Lipinski definition) is 4. The first kappa shape index (κ1) is 17.6. The van der Waals surface area contributed by atoms with E-state index in [4.69, 9.17) is 4.42 Å². The van der Waals surface area contributed by atoms with Gasteiger partial charge < -0.3 is 13.9 Å². The monoisotopic (exact) mass is 384 g/mol. The number of rotatable bonds is 4. The zero-order valence-corrected chi connectivity index (χ0v) is 15.7. The number of amides is 1. The van der Waals surface area contributed by atoms with Crippen LogP contribution < -0.4 is 0 Å². The molecule has 1 amide bonds. The van der Waals surface area contributed by atoms with Crippen molar-refractivity contribution in [3.63, 3.8) is 0 Å². The normalized spacial score (nSPS) is 16.9. The molecule has 7 heteroatoms. The van der Waals surface area contributed by atoms with Crippen molar-refractivity contribution in [1.29, 1.82) is 0 Å². The van der Waals surface area contributed by atoms with Gasteiger partial charge in [0.05, 0.1) is 10.9 Å². The van der Waals surface area contributed by atoms with Crippen molar-refractivity contribution in [1.82, 2.24) is 9.47 Å².